The average molecular weight is 240 g/mol. The van der Waals surface area contributed by atoms with Crippen molar-refractivity contribution in [2.45, 2.75) is 70.8 Å². The molecule has 102 valence electrons. The van der Waals surface area contributed by atoms with Crippen molar-refractivity contribution < 1.29 is 0 Å². The van der Waals surface area contributed by atoms with Gasteiger partial charge in [0.1, 0.15) is 0 Å². The lowest BCUT2D eigenvalue weighted by Crippen LogP contribution is -2.33. The van der Waals surface area contributed by atoms with Gasteiger partial charge in [0.25, 0.3) is 0 Å². The summed E-state index contributed by atoms with van der Waals surface area (Å²) in [5.41, 5.74) is 0. The lowest BCUT2D eigenvalue weighted by Gasteiger charge is -2.23. The fourth-order valence-electron chi connectivity index (χ4n) is 2.71. The Morgan fingerprint density at radius 3 is 2.41 bits per heavy atom. The number of rotatable bonds is 9. The van der Waals surface area contributed by atoms with Crippen molar-refractivity contribution in [1.29, 1.82) is 0 Å². The third-order valence-corrected chi connectivity index (χ3v) is 3.90. The van der Waals surface area contributed by atoms with E-state index in [4.69, 9.17) is 0 Å². The molecule has 0 aromatic heterocycles. The summed E-state index contributed by atoms with van der Waals surface area (Å²) in [5.74, 6) is 0. The largest absolute Gasteiger partial charge is 0.314 e. The molecule has 2 nitrogen and oxygen atoms in total. The molecule has 0 amide bonds. The van der Waals surface area contributed by atoms with Crippen LogP contribution in [0.4, 0.5) is 0 Å². The first-order valence-electron chi connectivity index (χ1n) is 7.75. The molecule has 0 aromatic rings. The van der Waals surface area contributed by atoms with Crippen LogP contribution in [0.5, 0.6) is 0 Å². The topological polar surface area (TPSA) is 15.3 Å². The first-order chi connectivity index (χ1) is 8.33. The van der Waals surface area contributed by atoms with Gasteiger partial charge in [-0.3, -0.25) is 0 Å². The molecule has 17 heavy (non-hydrogen) atoms. The third-order valence-electron chi connectivity index (χ3n) is 3.90. The van der Waals surface area contributed by atoms with Crippen molar-refractivity contribution in [2.24, 2.45) is 0 Å². The van der Waals surface area contributed by atoms with Crippen molar-refractivity contribution in [3.8, 4) is 0 Å². The van der Waals surface area contributed by atoms with E-state index in [2.05, 4.69) is 24.2 Å². The Hall–Kier alpha value is -0.0800. The molecule has 1 saturated carbocycles. The minimum absolute atomic E-state index is 0.828. The van der Waals surface area contributed by atoms with Crippen LogP contribution in [-0.2, 0) is 0 Å². The normalized spacial score (nSPS) is 17.8. The summed E-state index contributed by atoms with van der Waals surface area (Å²) in [5, 5.41) is 3.72. The maximum absolute atomic E-state index is 3.72. The molecule has 0 aromatic carbocycles. The van der Waals surface area contributed by atoms with Gasteiger partial charge in [-0.05, 0) is 52.4 Å². The summed E-state index contributed by atoms with van der Waals surface area (Å²) >= 11 is 0. The summed E-state index contributed by atoms with van der Waals surface area (Å²) in [4.78, 5) is 2.48. The lowest BCUT2D eigenvalue weighted by molar-refractivity contribution is 0.308. The van der Waals surface area contributed by atoms with Crippen LogP contribution >= 0.6 is 0 Å². The van der Waals surface area contributed by atoms with Gasteiger partial charge in [-0.1, -0.05) is 39.0 Å². The Bertz CT molecular complexity index is 164. The Balaban J connectivity index is 1.88. The summed E-state index contributed by atoms with van der Waals surface area (Å²) < 4.78 is 0. The van der Waals surface area contributed by atoms with Crippen LogP contribution in [0, 0.1) is 0 Å². The Labute approximate surface area is 108 Å². The van der Waals surface area contributed by atoms with Crippen LogP contribution in [0.1, 0.15) is 64.7 Å². The number of nitrogens with one attached hydrogen (secondary N) is 1. The van der Waals surface area contributed by atoms with Crippen molar-refractivity contribution in [3.05, 3.63) is 0 Å². The minimum Gasteiger partial charge on any atom is -0.314 e. The molecule has 0 atom stereocenters. The van der Waals surface area contributed by atoms with Gasteiger partial charge in [0, 0.05) is 6.04 Å². The molecule has 1 fully saturated rings. The van der Waals surface area contributed by atoms with Gasteiger partial charge in [0.2, 0.25) is 0 Å². The zero-order valence-electron chi connectivity index (χ0n) is 12.0. The molecule has 1 rings (SSSR count). The minimum atomic E-state index is 0.828. The molecular formula is C15H32N2. The fraction of sp³-hybridized carbons (Fsp3) is 1.00. The summed E-state index contributed by atoms with van der Waals surface area (Å²) in [6.07, 6.45) is 12.5. The van der Waals surface area contributed by atoms with Crippen LogP contribution in [-0.4, -0.2) is 37.6 Å². The van der Waals surface area contributed by atoms with Crippen molar-refractivity contribution in [1.82, 2.24) is 10.2 Å². The van der Waals surface area contributed by atoms with E-state index in [0.29, 0.717) is 0 Å². The van der Waals surface area contributed by atoms with E-state index in [1.165, 1.54) is 77.4 Å². The number of unbranched alkanes of at least 4 members (excludes halogenated alkanes) is 2. The van der Waals surface area contributed by atoms with Gasteiger partial charge in [-0.25, -0.2) is 0 Å². The molecule has 1 aliphatic carbocycles. The van der Waals surface area contributed by atoms with E-state index in [-0.39, 0.29) is 0 Å². The standard InChI is InChI=1S/C15H32N2/c1-3-4-8-13-17(2)14-9-12-16-15-10-6-5-7-11-15/h15-16H,3-14H2,1-2H3. The quantitative estimate of drug-likeness (QED) is 0.621. The first-order valence-corrected chi connectivity index (χ1v) is 7.75. The molecular weight excluding hydrogens is 208 g/mol. The Morgan fingerprint density at radius 1 is 1.00 bits per heavy atom. The second-order valence-corrected chi connectivity index (χ2v) is 5.65. The predicted molar refractivity (Wildman–Crippen MR) is 76.5 cm³/mol. The highest BCUT2D eigenvalue weighted by molar-refractivity contribution is 4.71. The molecule has 0 unspecified atom stereocenters. The van der Waals surface area contributed by atoms with Crippen LogP contribution in [0.3, 0.4) is 0 Å². The molecule has 0 heterocycles. The fourth-order valence-corrected chi connectivity index (χ4v) is 2.71. The molecule has 0 bridgehead atoms. The maximum atomic E-state index is 3.72. The Kier molecular flexibility index (Phi) is 8.72. The van der Waals surface area contributed by atoms with E-state index in [1.54, 1.807) is 0 Å². The van der Waals surface area contributed by atoms with Gasteiger partial charge in [0.15, 0.2) is 0 Å². The van der Waals surface area contributed by atoms with Crippen molar-refractivity contribution in [2.75, 3.05) is 26.7 Å². The summed E-state index contributed by atoms with van der Waals surface area (Å²) in [6, 6.07) is 0.828. The average Bonchev–Trinajstić information content (AvgIpc) is 2.36. The van der Waals surface area contributed by atoms with Crippen LogP contribution in [0.25, 0.3) is 0 Å². The zero-order chi connectivity index (χ0) is 12.3. The second kappa shape index (κ2) is 9.90. The van der Waals surface area contributed by atoms with Gasteiger partial charge < -0.3 is 10.2 Å². The van der Waals surface area contributed by atoms with Gasteiger partial charge in [-0.15, -0.1) is 0 Å². The number of hydrogen-bond donors (Lipinski definition) is 1. The van der Waals surface area contributed by atoms with E-state index in [0.717, 1.165) is 6.04 Å². The Morgan fingerprint density at radius 2 is 1.71 bits per heavy atom. The molecule has 0 radical (unpaired) electrons. The SMILES string of the molecule is CCCCCN(C)CCCNC1CCCCC1. The summed E-state index contributed by atoms with van der Waals surface area (Å²) in [7, 11) is 2.26. The lowest BCUT2D eigenvalue weighted by atomic mass is 9.95. The molecule has 1 aliphatic rings. The third kappa shape index (κ3) is 7.77. The predicted octanol–water partition coefficient (Wildman–Crippen LogP) is 3.42. The van der Waals surface area contributed by atoms with Crippen molar-refractivity contribution in [3.63, 3.8) is 0 Å². The molecule has 2 heteroatoms. The van der Waals surface area contributed by atoms with Crippen LogP contribution in [0.15, 0.2) is 0 Å². The number of nitrogens with zero attached hydrogens (tertiary/aromatic N) is 1. The highest BCUT2D eigenvalue weighted by Gasteiger charge is 2.11. The summed E-state index contributed by atoms with van der Waals surface area (Å²) in [6.45, 7) is 6.01. The second-order valence-electron chi connectivity index (χ2n) is 5.65. The number of hydrogen-bond acceptors (Lipinski definition) is 2. The van der Waals surface area contributed by atoms with Crippen LogP contribution in [0.2, 0.25) is 0 Å². The molecule has 0 aliphatic heterocycles. The van der Waals surface area contributed by atoms with E-state index in [9.17, 15) is 0 Å². The molecule has 0 spiro atoms. The van der Waals surface area contributed by atoms with Gasteiger partial charge in [-0.2, -0.15) is 0 Å². The van der Waals surface area contributed by atoms with Crippen molar-refractivity contribution >= 4 is 0 Å². The smallest absolute Gasteiger partial charge is 0.00670 e. The van der Waals surface area contributed by atoms with E-state index in [1.807, 2.05) is 0 Å². The molecule has 1 N–H and O–H groups in total. The van der Waals surface area contributed by atoms with Gasteiger partial charge >= 0.3 is 0 Å². The monoisotopic (exact) mass is 240 g/mol. The zero-order valence-corrected chi connectivity index (χ0v) is 12.0. The first kappa shape index (κ1) is 15.0. The van der Waals surface area contributed by atoms with E-state index >= 15 is 0 Å². The van der Waals surface area contributed by atoms with Crippen LogP contribution < -0.4 is 5.32 Å². The maximum Gasteiger partial charge on any atom is 0.00670 e. The van der Waals surface area contributed by atoms with E-state index < -0.39 is 0 Å². The highest BCUT2D eigenvalue weighted by Crippen LogP contribution is 2.17. The highest BCUT2D eigenvalue weighted by atomic mass is 15.1. The van der Waals surface area contributed by atoms with Gasteiger partial charge in [0.05, 0.1) is 0 Å². The molecule has 0 saturated heterocycles.